The summed E-state index contributed by atoms with van der Waals surface area (Å²) in [5.41, 5.74) is 0. The van der Waals surface area contributed by atoms with Gasteiger partial charge in [-0.3, -0.25) is 0 Å². The van der Waals surface area contributed by atoms with Crippen molar-refractivity contribution in [3.63, 3.8) is 0 Å². The molecule has 10 heteroatoms. The lowest BCUT2D eigenvalue weighted by molar-refractivity contribution is 0.529. The van der Waals surface area contributed by atoms with Gasteiger partial charge in [-0.15, -0.1) is 31.7 Å². The number of anilines is 1. The van der Waals surface area contributed by atoms with Gasteiger partial charge in [0.1, 0.15) is 0 Å². The van der Waals surface area contributed by atoms with Crippen LogP contribution in [0.5, 0.6) is 0 Å². The molecule has 0 spiro atoms. The van der Waals surface area contributed by atoms with Crippen molar-refractivity contribution in [2.24, 2.45) is 0 Å². The van der Waals surface area contributed by atoms with E-state index in [1.807, 2.05) is 19.2 Å². The molecular weight excluding hydrogens is 382 g/mol. The Balaban J connectivity index is 1.65. The maximum absolute atomic E-state index is 5.63. The molecule has 0 amide bonds. The zero-order valence-electron chi connectivity index (χ0n) is 10.2. The fourth-order valence-corrected chi connectivity index (χ4v) is 4.18. The van der Waals surface area contributed by atoms with Crippen LogP contribution >= 0.6 is 50.4 Å². The van der Waals surface area contributed by atoms with Gasteiger partial charge in [0.15, 0.2) is 4.34 Å². The van der Waals surface area contributed by atoms with Crippen molar-refractivity contribution >= 4 is 55.5 Å². The largest absolute Gasteiger partial charge is 0.419 e. The molecular formula is C10H8BrN5OS3. The number of nitrogens with zero attached hydrogens (tertiary/aromatic N) is 4. The number of rotatable bonds is 5. The van der Waals surface area contributed by atoms with E-state index >= 15 is 0 Å². The third kappa shape index (κ3) is 3.19. The van der Waals surface area contributed by atoms with Crippen LogP contribution in [0.3, 0.4) is 0 Å². The number of thioether (sulfide) groups is 1. The standard InChI is InChI=1S/C10H8BrN5OS3/c1-12-9-15-16-10(20-9)18-4-7-13-14-8(17-7)5-2-3-6(11)19-5/h2-3H,4H2,1H3,(H,12,15). The van der Waals surface area contributed by atoms with Gasteiger partial charge in [-0.2, -0.15) is 0 Å². The van der Waals surface area contributed by atoms with Crippen molar-refractivity contribution in [2.75, 3.05) is 12.4 Å². The summed E-state index contributed by atoms with van der Waals surface area (Å²) < 4.78 is 7.53. The molecule has 0 aliphatic rings. The summed E-state index contributed by atoms with van der Waals surface area (Å²) in [5.74, 6) is 1.71. The van der Waals surface area contributed by atoms with Crippen molar-refractivity contribution in [2.45, 2.75) is 10.1 Å². The minimum atomic E-state index is 0.546. The maximum Gasteiger partial charge on any atom is 0.257 e. The van der Waals surface area contributed by atoms with Gasteiger partial charge in [-0.25, -0.2) is 0 Å². The summed E-state index contributed by atoms with van der Waals surface area (Å²) in [6.45, 7) is 0. The molecule has 104 valence electrons. The van der Waals surface area contributed by atoms with E-state index in [9.17, 15) is 0 Å². The molecule has 0 saturated carbocycles. The lowest BCUT2D eigenvalue weighted by Crippen LogP contribution is -1.84. The Hall–Kier alpha value is -0.970. The van der Waals surface area contributed by atoms with Gasteiger partial charge in [0, 0.05) is 7.05 Å². The van der Waals surface area contributed by atoms with Crippen molar-refractivity contribution in [3.8, 4) is 10.8 Å². The van der Waals surface area contributed by atoms with Crippen molar-refractivity contribution in [1.82, 2.24) is 20.4 Å². The number of thiophene rings is 1. The third-order valence-electron chi connectivity index (χ3n) is 2.19. The Morgan fingerprint density at radius 3 is 2.85 bits per heavy atom. The van der Waals surface area contributed by atoms with Gasteiger partial charge in [0.25, 0.3) is 5.89 Å². The summed E-state index contributed by atoms with van der Waals surface area (Å²) in [5, 5.41) is 19.8. The average molecular weight is 390 g/mol. The first-order valence-electron chi connectivity index (χ1n) is 5.47. The summed E-state index contributed by atoms with van der Waals surface area (Å²) in [6.07, 6.45) is 0. The predicted molar refractivity (Wildman–Crippen MR) is 84.3 cm³/mol. The molecule has 6 nitrogen and oxygen atoms in total. The molecule has 0 unspecified atom stereocenters. The molecule has 0 radical (unpaired) electrons. The molecule has 3 heterocycles. The van der Waals surface area contributed by atoms with E-state index < -0.39 is 0 Å². The molecule has 3 aromatic heterocycles. The quantitative estimate of drug-likeness (QED) is 0.665. The van der Waals surface area contributed by atoms with Crippen LogP contribution in [0, 0.1) is 0 Å². The van der Waals surface area contributed by atoms with E-state index in [-0.39, 0.29) is 0 Å². The SMILES string of the molecule is CNc1nnc(SCc2nnc(-c3ccc(Br)s3)o2)s1. The van der Waals surface area contributed by atoms with Gasteiger partial charge < -0.3 is 9.73 Å². The second-order valence-corrected chi connectivity index (χ2v) is 8.18. The van der Waals surface area contributed by atoms with Gasteiger partial charge in [-0.1, -0.05) is 23.1 Å². The molecule has 0 saturated heterocycles. The highest BCUT2D eigenvalue weighted by molar-refractivity contribution is 9.11. The van der Waals surface area contributed by atoms with E-state index in [1.54, 1.807) is 11.3 Å². The fraction of sp³-hybridized carbons (Fsp3) is 0.200. The van der Waals surface area contributed by atoms with Crippen LogP contribution in [0.2, 0.25) is 0 Å². The Morgan fingerprint density at radius 1 is 1.25 bits per heavy atom. The fourth-order valence-electron chi connectivity index (χ4n) is 1.33. The summed E-state index contributed by atoms with van der Waals surface area (Å²) in [7, 11) is 1.82. The van der Waals surface area contributed by atoms with Crippen LogP contribution in [0.25, 0.3) is 10.8 Å². The summed E-state index contributed by atoms with van der Waals surface area (Å²) >= 11 is 7.99. The van der Waals surface area contributed by atoms with Crippen molar-refractivity contribution in [3.05, 3.63) is 21.8 Å². The number of aromatic nitrogens is 4. The van der Waals surface area contributed by atoms with Gasteiger partial charge in [0.05, 0.1) is 14.4 Å². The molecule has 3 rings (SSSR count). The van der Waals surface area contributed by atoms with Crippen LogP contribution in [-0.4, -0.2) is 27.4 Å². The zero-order valence-corrected chi connectivity index (χ0v) is 14.2. The number of hydrogen-bond donors (Lipinski definition) is 1. The van der Waals surface area contributed by atoms with Crippen LogP contribution in [0.1, 0.15) is 5.89 Å². The normalized spacial score (nSPS) is 10.9. The smallest absolute Gasteiger partial charge is 0.257 e. The zero-order chi connectivity index (χ0) is 13.9. The minimum Gasteiger partial charge on any atom is -0.419 e. The molecule has 0 aliphatic heterocycles. The van der Waals surface area contributed by atoms with Crippen molar-refractivity contribution < 1.29 is 4.42 Å². The van der Waals surface area contributed by atoms with Crippen LogP contribution < -0.4 is 5.32 Å². The second kappa shape index (κ2) is 6.20. The number of halogens is 1. The van der Waals surface area contributed by atoms with Crippen LogP contribution in [0.4, 0.5) is 5.13 Å². The molecule has 3 aromatic rings. The average Bonchev–Trinajstić information content (AvgIpc) is 3.16. The molecule has 0 bridgehead atoms. The molecule has 0 aliphatic carbocycles. The predicted octanol–water partition coefficient (Wildman–Crippen LogP) is 3.75. The van der Waals surface area contributed by atoms with E-state index in [2.05, 4.69) is 41.6 Å². The topological polar surface area (TPSA) is 76.7 Å². The van der Waals surface area contributed by atoms with Gasteiger partial charge in [-0.05, 0) is 28.1 Å². The first-order chi connectivity index (χ1) is 9.74. The lowest BCUT2D eigenvalue weighted by atomic mass is 10.5. The number of nitrogens with one attached hydrogen (secondary N) is 1. The highest BCUT2D eigenvalue weighted by atomic mass is 79.9. The first kappa shape index (κ1) is 14.0. The monoisotopic (exact) mass is 389 g/mol. The summed E-state index contributed by atoms with van der Waals surface area (Å²) in [6, 6.07) is 3.91. The Labute approximate surface area is 135 Å². The van der Waals surface area contributed by atoms with E-state index in [1.165, 1.54) is 23.1 Å². The highest BCUT2D eigenvalue weighted by Crippen LogP contribution is 2.32. The first-order valence-corrected chi connectivity index (χ1v) is 8.88. The molecule has 0 fully saturated rings. The third-order valence-corrected chi connectivity index (χ3v) is 5.86. The van der Waals surface area contributed by atoms with Crippen LogP contribution in [0.15, 0.2) is 24.7 Å². The maximum atomic E-state index is 5.63. The molecule has 0 aromatic carbocycles. The van der Waals surface area contributed by atoms with Gasteiger partial charge >= 0.3 is 0 Å². The molecule has 0 atom stereocenters. The minimum absolute atomic E-state index is 0.546. The van der Waals surface area contributed by atoms with E-state index in [0.717, 1.165) is 18.1 Å². The second-order valence-electron chi connectivity index (χ2n) is 3.52. The highest BCUT2D eigenvalue weighted by Gasteiger charge is 2.12. The van der Waals surface area contributed by atoms with Gasteiger partial charge in [0.2, 0.25) is 11.0 Å². The molecule has 1 N–H and O–H groups in total. The summed E-state index contributed by atoms with van der Waals surface area (Å²) in [4.78, 5) is 0.953. The Morgan fingerprint density at radius 2 is 2.15 bits per heavy atom. The van der Waals surface area contributed by atoms with E-state index in [0.29, 0.717) is 17.5 Å². The number of hydrogen-bond acceptors (Lipinski definition) is 9. The Kier molecular flexibility index (Phi) is 4.34. The molecule has 20 heavy (non-hydrogen) atoms. The van der Waals surface area contributed by atoms with Crippen molar-refractivity contribution in [1.29, 1.82) is 0 Å². The Bertz CT molecular complexity index is 709. The van der Waals surface area contributed by atoms with E-state index in [4.69, 9.17) is 4.42 Å². The van der Waals surface area contributed by atoms with Crippen LogP contribution in [-0.2, 0) is 5.75 Å². The lowest BCUT2D eigenvalue weighted by Gasteiger charge is -1.90.